The molecule has 0 aliphatic heterocycles. The van der Waals surface area contributed by atoms with Crippen LogP contribution >= 0.6 is 0 Å². The lowest BCUT2D eigenvalue weighted by Gasteiger charge is -2.12. The number of aryl methyl sites for hydroxylation is 1. The van der Waals surface area contributed by atoms with E-state index in [2.05, 4.69) is 5.32 Å². The van der Waals surface area contributed by atoms with E-state index in [1.807, 2.05) is 6.92 Å². The third-order valence-electron chi connectivity index (χ3n) is 3.80. The number of nitro benzene ring substituents is 1. The van der Waals surface area contributed by atoms with Gasteiger partial charge in [0.2, 0.25) is 0 Å². The van der Waals surface area contributed by atoms with Crippen LogP contribution in [0.2, 0.25) is 0 Å². The Hall–Kier alpha value is -3.62. The highest BCUT2D eigenvalue weighted by atomic mass is 16.6. The van der Waals surface area contributed by atoms with Crippen LogP contribution in [0.25, 0.3) is 0 Å². The monoisotopic (exact) mass is 402 g/mol. The predicted octanol–water partition coefficient (Wildman–Crippen LogP) is 3.50. The fourth-order valence-electron chi connectivity index (χ4n) is 2.47. The minimum Gasteiger partial charge on any atom is -0.490 e. The minimum absolute atomic E-state index is 0.113. The van der Waals surface area contributed by atoms with Crippen molar-refractivity contribution in [1.82, 2.24) is 0 Å². The van der Waals surface area contributed by atoms with Crippen molar-refractivity contribution in [2.45, 2.75) is 20.8 Å². The first kappa shape index (κ1) is 21.7. The first-order chi connectivity index (χ1) is 13.8. The topological polar surface area (TPSA) is 117 Å². The highest BCUT2D eigenvalue weighted by molar-refractivity contribution is 5.96. The lowest BCUT2D eigenvalue weighted by molar-refractivity contribution is -0.385. The third-order valence-corrected chi connectivity index (χ3v) is 3.80. The number of benzene rings is 2. The summed E-state index contributed by atoms with van der Waals surface area (Å²) < 4.78 is 15.9. The van der Waals surface area contributed by atoms with Gasteiger partial charge >= 0.3 is 5.97 Å². The Kier molecular flexibility index (Phi) is 7.53. The smallest absolute Gasteiger partial charge is 0.338 e. The number of rotatable bonds is 9. The summed E-state index contributed by atoms with van der Waals surface area (Å²) in [5.74, 6) is -0.420. The maximum atomic E-state index is 12.2. The van der Waals surface area contributed by atoms with Gasteiger partial charge in [-0.2, -0.15) is 0 Å². The van der Waals surface area contributed by atoms with Gasteiger partial charge in [0.05, 0.1) is 23.7 Å². The molecule has 1 N–H and O–H groups in total. The number of amides is 1. The third kappa shape index (κ3) is 5.93. The summed E-state index contributed by atoms with van der Waals surface area (Å²) in [6.45, 7) is 5.53. The molecule has 2 aromatic carbocycles. The van der Waals surface area contributed by atoms with Gasteiger partial charge in [-0.1, -0.05) is 6.07 Å². The molecule has 0 unspecified atom stereocenters. The largest absolute Gasteiger partial charge is 0.490 e. The molecule has 0 aromatic heterocycles. The van der Waals surface area contributed by atoms with Crippen LogP contribution in [0.4, 0.5) is 11.4 Å². The molecule has 0 bridgehead atoms. The van der Waals surface area contributed by atoms with Gasteiger partial charge < -0.3 is 19.5 Å². The van der Waals surface area contributed by atoms with Gasteiger partial charge in [-0.15, -0.1) is 0 Å². The maximum absolute atomic E-state index is 12.2. The average Bonchev–Trinajstić information content (AvgIpc) is 2.69. The number of hydrogen-bond donors (Lipinski definition) is 1. The zero-order chi connectivity index (χ0) is 21.4. The molecule has 154 valence electrons. The van der Waals surface area contributed by atoms with Crippen molar-refractivity contribution in [3.05, 3.63) is 57.6 Å². The number of nitro groups is 1. The Morgan fingerprint density at radius 2 is 1.72 bits per heavy atom. The molecule has 2 rings (SSSR count). The highest BCUT2D eigenvalue weighted by Gasteiger charge is 2.16. The summed E-state index contributed by atoms with van der Waals surface area (Å²) in [5.41, 5.74) is 0.802. The molecule has 2 aromatic rings. The van der Waals surface area contributed by atoms with Gasteiger partial charge in [-0.25, -0.2) is 4.79 Å². The van der Waals surface area contributed by atoms with Crippen molar-refractivity contribution in [2.75, 3.05) is 25.1 Å². The van der Waals surface area contributed by atoms with Gasteiger partial charge in [0.25, 0.3) is 11.6 Å². The van der Waals surface area contributed by atoms with Gasteiger partial charge in [-0.3, -0.25) is 14.9 Å². The van der Waals surface area contributed by atoms with E-state index < -0.39 is 23.4 Å². The van der Waals surface area contributed by atoms with Crippen molar-refractivity contribution in [1.29, 1.82) is 0 Å². The second-order valence-electron chi connectivity index (χ2n) is 5.91. The number of ether oxygens (including phenoxy) is 3. The predicted molar refractivity (Wildman–Crippen MR) is 106 cm³/mol. The van der Waals surface area contributed by atoms with Crippen molar-refractivity contribution >= 4 is 23.3 Å². The number of anilines is 1. The fourth-order valence-corrected chi connectivity index (χ4v) is 2.47. The number of nitrogens with zero attached hydrogens (tertiary/aromatic N) is 1. The molecule has 29 heavy (non-hydrogen) atoms. The fraction of sp³-hybridized carbons (Fsp3) is 0.300. The number of hydrogen-bond acceptors (Lipinski definition) is 7. The van der Waals surface area contributed by atoms with E-state index in [-0.39, 0.29) is 16.9 Å². The molecule has 0 aliphatic carbocycles. The molecule has 9 nitrogen and oxygen atoms in total. The van der Waals surface area contributed by atoms with Gasteiger partial charge in [0.1, 0.15) is 0 Å². The second-order valence-corrected chi connectivity index (χ2v) is 5.91. The summed E-state index contributed by atoms with van der Waals surface area (Å²) in [6.07, 6.45) is 0. The zero-order valence-electron chi connectivity index (χ0n) is 16.4. The molecule has 0 fully saturated rings. The molecular weight excluding hydrogens is 380 g/mol. The maximum Gasteiger partial charge on any atom is 0.338 e. The van der Waals surface area contributed by atoms with Crippen LogP contribution in [0.3, 0.4) is 0 Å². The summed E-state index contributed by atoms with van der Waals surface area (Å²) >= 11 is 0. The molecule has 9 heteroatoms. The SMILES string of the molecule is CCOc1ccc(C(=O)OCC(=O)Nc2ccc(C)c([N+](=O)[O-])c2)cc1OCC. The van der Waals surface area contributed by atoms with Crippen molar-refractivity contribution < 1.29 is 28.7 Å². The van der Waals surface area contributed by atoms with E-state index in [0.717, 1.165) is 0 Å². The quantitative estimate of drug-likeness (QED) is 0.387. The van der Waals surface area contributed by atoms with E-state index in [1.54, 1.807) is 19.9 Å². The number of carbonyl (C=O) groups excluding carboxylic acids is 2. The van der Waals surface area contributed by atoms with Crippen LogP contribution in [-0.4, -0.2) is 36.6 Å². The van der Waals surface area contributed by atoms with Gasteiger partial charge in [0.15, 0.2) is 18.1 Å². The molecule has 0 saturated carbocycles. The summed E-state index contributed by atoms with van der Waals surface area (Å²) in [4.78, 5) is 34.7. The van der Waals surface area contributed by atoms with E-state index in [1.165, 1.54) is 30.3 Å². The normalized spacial score (nSPS) is 10.2. The van der Waals surface area contributed by atoms with Crippen LogP contribution < -0.4 is 14.8 Å². The molecule has 0 radical (unpaired) electrons. The summed E-state index contributed by atoms with van der Waals surface area (Å²) in [6, 6.07) is 8.89. The Balaban J connectivity index is 2.00. The van der Waals surface area contributed by atoms with Crippen molar-refractivity contribution in [3.63, 3.8) is 0 Å². The average molecular weight is 402 g/mol. The molecule has 1 amide bonds. The Morgan fingerprint density at radius 3 is 2.38 bits per heavy atom. The van der Waals surface area contributed by atoms with Gasteiger partial charge in [0, 0.05) is 17.3 Å². The summed E-state index contributed by atoms with van der Waals surface area (Å²) in [5, 5.41) is 13.4. The summed E-state index contributed by atoms with van der Waals surface area (Å²) in [7, 11) is 0. The number of carbonyl (C=O) groups is 2. The molecule has 0 atom stereocenters. The standard InChI is InChI=1S/C20H22N2O7/c1-4-27-17-9-7-14(10-18(17)28-5-2)20(24)29-12-19(23)21-15-8-6-13(3)16(11-15)22(25)26/h6-11H,4-5,12H2,1-3H3,(H,21,23). The lowest BCUT2D eigenvalue weighted by atomic mass is 10.2. The Bertz CT molecular complexity index is 912. The van der Waals surface area contributed by atoms with Crippen molar-refractivity contribution in [3.8, 4) is 11.5 Å². The number of esters is 1. The van der Waals surface area contributed by atoms with E-state index in [0.29, 0.717) is 30.3 Å². The zero-order valence-corrected chi connectivity index (χ0v) is 16.4. The van der Waals surface area contributed by atoms with E-state index in [9.17, 15) is 19.7 Å². The minimum atomic E-state index is -0.709. The molecule has 0 heterocycles. The highest BCUT2D eigenvalue weighted by Crippen LogP contribution is 2.29. The molecule has 0 saturated heterocycles. The lowest BCUT2D eigenvalue weighted by Crippen LogP contribution is -2.21. The molecule has 0 spiro atoms. The van der Waals surface area contributed by atoms with Gasteiger partial charge in [-0.05, 0) is 45.0 Å². The van der Waals surface area contributed by atoms with E-state index >= 15 is 0 Å². The Morgan fingerprint density at radius 1 is 1.03 bits per heavy atom. The Labute approximate surface area is 167 Å². The second kappa shape index (κ2) is 10.1. The first-order valence-corrected chi connectivity index (χ1v) is 8.97. The van der Waals surface area contributed by atoms with Crippen LogP contribution in [0.1, 0.15) is 29.8 Å². The van der Waals surface area contributed by atoms with Crippen LogP contribution in [0.15, 0.2) is 36.4 Å². The van der Waals surface area contributed by atoms with Crippen molar-refractivity contribution in [2.24, 2.45) is 0 Å². The van der Waals surface area contributed by atoms with Crippen LogP contribution in [0.5, 0.6) is 11.5 Å². The first-order valence-electron chi connectivity index (χ1n) is 8.97. The number of nitrogens with one attached hydrogen (secondary N) is 1. The van der Waals surface area contributed by atoms with E-state index in [4.69, 9.17) is 14.2 Å². The van der Waals surface area contributed by atoms with Crippen LogP contribution in [-0.2, 0) is 9.53 Å². The molecule has 0 aliphatic rings. The molecular formula is C20H22N2O7. The van der Waals surface area contributed by atoms with Crippen LogP contribution in [0, 0.1) is 17.0 Å².